The molecule has 3 aliphatic carbocycles. The zero-order valence-corrected chi connectivity index (χ0v) is 21.6. The van der Waals surface area contributed by atoms with Crippen LogP contribution in [0.2, 0.25) is 0 Å². The van der Waals surface area contributed by atoms with E-state index in [1.165, 1.54) is 11.0 Å². The molecular weight excluding hydrogens is 502 g/mol. The minimum Gasteiger partial charge on any atom is -0.508 e. The Morgan fingerprint density at radius 2 is 1.77 bits per heavy atom. The average Bonchev–Trinajstić information content (AvgIpc) is 2.87. The van der Waals surface area contributed by atoms with Gasteiger partial charge in [0.05, 0.1) is 11.6 Å². The molecule has 0 bridgehead atoms. The maximum Gasteiger partial charge on any atom is 0.255 e. The number of fused-ring (bicyclic) bond motifs is 3. The van der Waals surface area contributed by atoms with Crippen molar-refractivity contribution < 1.29 is 34.8 Å². The number of primary amides is 1. The Morgan fingerprint density at radius 3 is 2.41 bits per heavy atom. The van der Waals surface area contributed by atoms with Crippen LogP contribution in [0.5, 0.6) is 5.75 Å². The predicted octanol–water partition coefficient (Wildman–Crippen LogP) is 1.25. The Kier molecular flexibility index (Phi) is 6.58. The van der Waals surface area contributed by atoms with Crippen LogP contribution in [0.4, 0.5) is 0 Å². The highest BCUT2D eigenvalue weighted by atomic mass is 16.3. The number of amides is 1. The number of phenols is 1. The van der Waals surface area contributed by atoms with E-state index < -0.39 is 58.0 Å². The second-order valence-electron chi connectivity index (χ2n) is 10.6. The molecule has 1 fully saturated rings. The molecule has 0 unspecified atom stereocenters. The molecule has 2 aromatic rings. The van der Waals surface area contributed by atoms with E-state index in [0.717, 1.165) is 11.1 Å². The number of carbonyl (C=O) groups is 3. The van der Waals surface area contributed by atoms with Gasteiger partial charge < -0.3 is 31.5 Å². The number of hydrogen-bond donors (Lipinski definition) is 6. The van der Waals surface area contributed by atoms with Gasteiger partial charge in [-0.1, -0.05) is 36.4 Å². The largest absolute Gasteiger partial charge is 0.508 e. The number of nitrogens with zero attached hydrogens (tertiary/aromatic N) is 1. The zero-order valence-electron chi connectivity index (χ0n) is 21.6. The maximum atomic E-state index is 13.9. The molecule has 39 heavy (non-hydrogen) atoms. The number of likely N-dealkylation sites (N-methyl/N-ethyl adjacent to an activating group) is 1. The zero-order chi connectivity index (χ0) is 28.2. The van der Waals surface area contributed by atoms with Gasteiger partial charge in [0.1, 0.15) is 22.8 Å². The van der Waals surface area contributed by atoms with Crippen molar-refractivity contribution in [3.8, 4) is 5.75 Å². The van der Waals surface area contributed by atoms with Gasteiger partial charge in [0.25, 0.3) is 5.91 Å². The minimum atomic E-state index is -2.64. The number of nitrogens with two attached hydrogens (primary N) is 1. The lowest BCUT2D eigenvalue weighted by atomic mass is 9.57. The van der Waals surface area contributed by atoms with Gasteiger partial charge >= 0.3 is 0 Å². The standard InChI is InChI=1S/C29H31N3O7/c1-32(2)23-18-11-16-10-17-15(13-31-12-14-6-4-3-5-7-14)8-9-19(33)21(17)24(34)20(16)26(36)29(18,39)27(37)22(25(23)35)28(30)38/h3-9,16,18,23,31,33-34,37,39H,10-13H2,1-2H3,(H2,30,38)/t16-,18-,23-,29-/m0/s1. The van der Waals surface area contributed by atoms with Crippen LogP contribution >= 0.6 is 0 Å². The number of aromatic hydroxyl groups is 1. The van der Waals surface area contributed by atoms with Gasteiger partial charge in [-0.25, -0.2) is 0 Å². The molecule has 10 heteroatoms. The van der Waals surface area contributed by atoms with E-state index in [9.17, 15) is 34.8 Å². The second kappa shape index (κ2) is 9.64. The molecule has 0 heterocycles. The summed E-state index contributed by atoms with van der Waals surface area (Å²) in [6.07, 6.45) is 0.309. The molecule has 0 aromatic heterocycles. The topological polar surface area (TPSA) is 173 Å². The van der Waals surface area contributed by atoms with Crippen molar-refractivity contribution in [2.75, 3.05) is 14.1 Å². The molecule has 2 aromatic carbocycles. The maximum absolute atomic E-state index is 13.9. The Morgan fingerprint density at radius 1 is 1.08 bits per heavy atom. The van der Waals surface area contributed by atoms with E-state index in [1.54, 1.807) is 20.2 Å². The van der Waals surface area contributed by atoms with Crippen LogP contribution < -0.4 is 11.1 Å². The normalized spacial score (nSPS) is 26.4. The number of benzene rings is 2. The molecule has 4 atom stereocenters. The summed E-state index contributed by atoms with van der Waals surface area (Å²) in [5.74, 6) is -6.58. The predicted molar refractivity (Wildman–Crippen MR) is 141 cm³/mol. The minimum absolute atomic E-state index is 0.0539. The van der Waals surface area contributed by atoms with Crippen LogP contribution in [0.25, 0.3) is 5.76 Å². The third kappa shape index (κ3) is 4.03. The van der Waals surface area contributed by atoms with Gasteiger partial charge in [0.15, 0.2) is 11.4 Å². The van der Waals surface area contributed by atoms with Gasteiger partial charge in [-0.15, -0.1) is 0 Å². The SMILES string of the molecule is CN(C)[C@@H]1C(=O)C(C(N)=O)=C(O)[C@@]2(O)C(=O)C3=C(O)c4c(O)ccc(CNCc5ccccc5)c4C[C@H]3C[C@@H]12. The van der Waals surface area contributed by atoms with Crippen molar-refractivity contribution >= 4 is 23.2 Å². The van der Waals surface area contributed by atoms with Crippen LogP contribution in [0.3, 0.4) is 0 Å². The molecule has 1 saturated carbocycles. The number of phenolic OH excluding ortho intramolecular Hbond substituents is 1. The van der Waals surface area contributed by atoms with Gasteiger partial charge in [0, 0.05) is 24.6 Å². The van der Waals surface area contributed by atoms with Crippen molar-refractivity contribution in [2.24, 2.45) is 17.6 Å². The second-order valence-corrected chi connectivity index (χ2v) is 10.6. The number of carbonyl (C=O) groups excluding carboxylic acids is 3. The average molecular weight is 534 g/mol. The van der Waals surface area contributed by atoms with E-state index in [-0.39, 0.29) is 29.7 Å². The molecule has 0 saturated heterocycles. The summed E-state index contributed by atoms with van der Waals surface area (Å²) in [5, 5.41) is 48.0. The van der Waals surface area contributed by atoms with Crippen LogP contribution in [-0.2, 0) is 33.9 Å². The molecule has 0 spiro atoms. The van der Waals surface area contributed by atoms with Gasteiger partial charge in [-0.3, -0.25) is 19.3 Å². The summed E-state index contributed by atoms with van der Waals surface area (Å²) >= 11 is 0. The first kappa shape index (κ1) is 26.6. The van der Waals surface area contributed by atoms with Crippen molar-refractivity contribution in [2.45, 2.75) is 37.6 Å². The van der Waals surface area contributed by atoms with Gasteiger partial charge in [-0.05, 0) is 55.6 Å². The highest BCUT2D eigenvalue weighted by molar-refractivity contribution is 6.24. The molecule has 0 aliphatic heterocycles. The third-order valence-electron chi connectivity index (χ3n) is 8.19. The van der Waals surface area contributed by atoms with Crippen molar-refractivity contribution in [3.63, 3.8) is 0 Å². The first-order valence-electron chi connectivity index (χ1n) is 12.7. The van der Waals surface area contributed by atoms with Crippen molar-refractivity contribution in [1.82, 2.24) is 10.2 Å². The molecule has 3 aliphatic rings. The van der Waals surface area contributed by atoms with Gasteiger partial charge in [0.2, 0.25) is 5.78 Å². The number of ketones is 2. The molecular formula is C29H31N3O7. The number of nitrogens with one attached hydrogen (secondary N) is 1. The summed E-state index contributed by atoms with van der Waals surface area (Å²) in [5.41, 5.74) is 4.37. The molecule has 5 rings (SSSR count). The summed E-state index contributed by atoms with van der Waals surface area (Å²) in [6.45, 7) is 1.03. The number of aliphatic hydroxyl groups excluding tert-OH is 2. The van der Waals surface area contributed by atoms with Crippen LogP contribution in [0.15, 0.2) is 59.4 Å². The van der Waals surface area contributed by atoms with Crippen LogP contribution in [0.1, 0.15) is 28.7 Å². The van der Waals surface area contributed by atoms with E-state index in [1.807, 2.05) is 30.3 Å². The lowest BCUT2D eigenvalue weighted by Crippen LogP contribution is -2.65. The summed E-state index contributed by atoms with van der Waals surface area (Å²) in [7, 11) is 3.14. The fourth-order valence-electron chi connectivity index (χ4n) is 6.41. The number of rotatable bonds is 6. The molecule has 7 N–H and O–H groups in total. The number of aliphatic hydroxyl groups is 3. The lowest BCUT2D eigenvalue weighted by Gasteiger charge is -2.50. The molecule has 10 nitrogen and oxygen atoms in total. The fraction of sp³-hybridized carbons (Fsp3) is 0.345. The molecule has 0 radical (unpaired) electrons. The smallest absolute Gasteiger partial charge is 0.255 e. The van der Waals surface area contributed by atoms with Crippen molar-refractivity contribution in [1.29, 1.82) is 0 Å². The van der Waals surface area contributed by atoms with Gasteiger partial charge in [-0.2, -0.15) is 0 Å². The third-order valence-corrected chi connectivity index (χ3v) is 8.19. The Labute approximate surface area is 225 Å². The number of hydrogen-bond acceptors (Lipinski definition) is 9. The summed E-state index contributed by atoms with van der Waals surface area (Å²) < 4.78 is 0. The fourth-order valence-corrected chi connectivity index (χ4v) is 6.41. The number of Topliss-reactive ketones (excluding diaryl/α,β-unsaturated/α-hetero) is 2. The molecule has 1 amide bonds. The Bertz CT molecular complexity index is 1450. The summed E-state index contributed by atoms with van der Waals surface area (Å²) in [4.78, 5) is 40.6. The van der Waals surface area contributed by atoms with E-state index in [2.05, 4.69) is 5.32 Å². The van der Waals surface area contributed by atoms with E-state index in [0.29, 0.717) is 18.7 Å². The highest BCUT2D eigenvalue weighted by Gasteiger charge is 2.64. The van der Waals surface area contributed by atoms with Crippen LogP contribution in [0, 0.1) is 11.8 Å². The highest BCUT2D eigenvalue weighted by Crippen LogP contribution is 2.52. The van der Waals surface area contributed by atoms with Crippen molar-refractivity contribution in [3.05, 3.63) is 81.6 Å². The van der Waals surface area contributed by atoms with Crippen LogP contribution in [-0.4, -0.2) is 68.5 Å². The monoisotopic (exact) mass is 533 g/mol. The van der Waals surface area contributed by atoms with E-state index in [4.69, 9.17) is 5.73 Å². The summed E-state index contributed by atoms with van der Waals surface area (Å²) in [6, 6.07) is 11.9. The Balaban J connectivity index is 1.58. The molecule has 204 valence electrons. The van der Waals surface area contributed by atoms with E-state index >= 15 is 0 Å². The first-order valence-corrected chi connectivity index (χ1v) is 12.7. The quantitative estimate of drug-likeness (QED) is 0.299. The Hall–Kier alpha value is -3.99. The lowest BCUT2D eigenvalue weighted by molar-refractivity contribution is -0.153. The first-order chi connectivity index (χ1) is 18.5.